The number of H-pyrrole nitrogens is 1. The minimum absolute atomic E-state index is 0.0851. The van der Waals surface area contributed by atoms with Gasteiger partial charge in [-0.15, -0.1) is 0 Å². The lowest BCUT2D eigenvalue weighted by Crippen LogP contribution is -2.31. The van der Waals surface area contributed by atoms with E-state index in [-0.39, 0.29) is 5.69 Å². The second-order valence-corrected chi connectivity index (χ2v) is 5.56. The SMILES string of the molecule is COC(=O)C(C)n1cccc(NC(=O)c2cc3ccccc3[nH]2)c1=O. The Morgan fingerprint density at radius 3 is 2.68 bits per heavy atom. The van der Waals surface area contributed by atoms with Gasteiger partial charge in [-0.25, -0.2) is 4.79 Å². The molecule has 1 atom stereocenters. The summed E-state index contributed by atoms with van der Waals surface area (Å²) in [7, 11) is 1.26. The molecule has 7 heteroatoms. The van der Waals surface area contributed by atoms with Crippen LogP contribution in [0.2, 0.25) is 0 Å². The van der Waals surface area contributed by atoms with Crippen LogP contribution >= 0.6 is 0 Å². The van der Waals surface area contributed by atoms with Crippen molar-refractivity contribution < 1.29 is 14.3 Å². The van der Waals surface area contributed by atoms with E-state index >= 15 is 0 Å². The first-order valence-electron chi connectivity index (χ1n) is 7.69. The fourth-order valence-electron chi connectivity index (χ4n) is 2.58. The van der Waals surface area contributed by atoms with Gasteiger partial charge in [0.1, 0.15) is 17.4 Å². The molecule has 128 valence electrons. The summed E-state index contributed by atoms with van der Waals surface area (Å²) in [5.41, 5.74) is 0.779. The van der Waals surface area contributed by atoms with E-state index in [2.05, 4.69) is 15.0 Å². The molecule has 0 bridgehead atoms. The summed E-state index contributed by atoms with van der Waals surface area (Å²) in [4.78, 5) is 39.6. The topological polar surface area (TPSA) is 93.2 Å². The Morgan fingerprint density at radius 1 is 1.20 bits per heavy atom. The van der Waals surface area contributed by atoms with Gasteiger partial charge in [-0.1, -0.05) is 18.2 Å². The number of esters is 1. The van der Waals surface area contributed by atoms with E-state index in [4.69, 9.17) is 0 Å². The summed E-state index contributed by atoms with van der Waals surface area (Å²) in [6.45, 7) is 1.55. The number of carbonyl (C=O) groups is 2. The van der Waals surface area contributed by atoms with Gasteiger partial charge in [-0.05, 0) is 31.2 Å². The minimum Gasteiger partial charge on any atom is -0.467 e. The first-order chi connectivity index (χ1) is 12.0. The number of aromatic amines is 1. The van der Waals surface area contributed by atoms with Crippen LogP contribution < -0.4 is 10.9 Å². The van der Waals surface area contributed by atoms with Gasteiger partial charge in [0, 0.05) is 17.1 Å². The van der Waals surface area contributed by atoms with Crippen molar-refractivity contribution in [3.63, 3.8) is 0 Å². The standard InChI is InChI=1S/C18H17N3O4/c1-11(18(24)25-2)21-9-5-8-14(17(21)23)20-16(22)15-10-12-6-3-4-7-13(12)19-15/h3-11,19H,1-2H3,(H,20,22). The third-order valence-corrected chi connectivity index (χ3v) is 3.96. The molecule has 0 fully saturated rings. The predicted molar refractivity (Wildman–Crippen MR) is 93.7 cm³/mol. The second kappa shape index (κ2) is 6.64. The number of rotatable bonds is 4. The Balaban J connectivity index is 1.88. The molecule has 3 rings (SSSR count). The molecule has 0 spiro atoms. The summed E-state index contributed by atoms with van der Waals surface area (Å²) >= 11 is 0. The van der Waals surface area contributed by atoms with Crippen LogP contribution in [-0.4, -0.2) is 28.5 Å². The zero-order chi connectivity index (χ0) is 18.0. The molecule has 0 aliphatic rings. The van der Waals surface area contributed by atoms with Crippen molar-refractivity contribution in [3.05, 3.63) is 64.7 Å². The zero-order valence-corrected chi connectivity index (χ0v) is 13.8. The van der Waals surface area contributed by atoms with Gasteiger partial charge >= 0.3 is 5.97 Å². The number of nitrogens with zero attached hydrogens (tertiary/aromatic N) is 1. The van der Waals surface area contributed by atoms with Crippen LogP contribution in [0.5, 0.6) is 0 Å². The van der Waals surface area contributed by atoms with E-state index in [9.17, 15) is 14.4 Å². The summed E-state index contributed by atoms with van der Waals surface area (Å²) in [6, 6.07) is 11.5. The molecule has 3 aromatic rings. The van der Waals surface area contributed by atoms with E-state index in [0.29, 0.717) is 5.69 Å². The summed E-state index contributed by atoms with van der Waals surface area (Å²) < 4.78 is 5.87. The van der Waals surface area contributed by atoms with Gasteiger partial charge < -0.3 is 15.0 Å². The van der Waals surface area contributed by atoms with Crippen LogP contribution in [0, 0.1) is 0 Å². The molecule has 2 heterocycles. The number of aromatic nitrogens is 2. The highest BCUT2D eigenvalue weighted by Crippen LogP contribution is 2.15. The fraction of sp³-hybridized carbons (Fsp3) is 0.167. The van der Waals surface area contributed by atoms with Gasteiger partial charge in [-0.3, -0.25) is 14.2 Å². The fourth-order valence-corrected chi connectivity index (χ4v) is 2.58. The van der Waals surface area contributed by atoms with E-state index < -0.39 is 23.5 Å². The maximum Gasteiger partial charge on any atom is 0.328 e. The number of nitrogens with one attached hydrogen (secondary N) is 2. The highest BCUT2D eigenvalue weighted by molar-refractivity contribution is 6.05. The van der Waals surface area contributed by atoms with Crippen molar-refractivity contribution in [2.45, 2.75) is 13.0 Å². The van der Waals surface area contributed by atoms with E-state index in [0.717, 1.165) is 10.9 Å². The maximum absolute atomic E-state index is 12.5. The lowest BCUT2D eigenvalue weighted by molar-refractivity contribution is -0.144. The molecule has 0 aliphatic carbocycles. The Hall–Kier alpha value is -3.35. The van der Waals surface area contributed by atoms with E-state index in [1.54, 1.807) is 19.1 Å². The van der Waals surface area contributed by atoms with Gasteiger partial charge in [0.25, 0.3) is 11.5 Å². The molecule has 25 heavy (non-hydrogen) atoms. The zero-order valence-electron chi connectivity index (χ0n) is 13.8. The van der Waals surface area contributed by atoms with Crippen molar-refractivity contribution in [2.75, 3.05) is 12.4 Å². The normalized spacial score (nSPS) is 11.9. The van der Waals surface area contributed by atoms with Crippen LogP contribution in [0.1, 0.15) is 23.5 Å². The Bertz CT molecular complexity index is 970. The monoisotopic (exact) mass is 339 g/mol. The first kappa shape index (κ1) is 16.5. The predicted octanol–water partition coefficient (Wildman–Crippen LogP) is 2.32. The second-order valence-electron chi connectivity index (χ2n) is 5.56. The third-order valence-electron chi connectivity index (χ3n) is 3.96. The number of amides is 1. The van der Waals surface area contributed by atoms with Crippen LogP contribution in [0.4, 0.5) is 5.69 Å². The lowest BCUT2D eigenvalue weighted by Gasteiger charge is -2.14. The summed E-state index contributed by atoms with van der Waals surface area (Å²) in [5, 5.41) is 3.48. The molecule has 7 nitrogen and oxygen atoms in total. The van der Waals surface area contributed by atoms with Crippen molar-refractivity contribution in [2.24, 2.45) is 0 Å². The quantitative estimate of drug-likeness (QED) is 0.713. The van der Waals surface area contributed by atoms with Crippen LogP contribution in [0.25, 0.3) is 10.9 Å². The molecular weight excluding hydrogens is 322 g/mol. The number of hydrogen-bond donors (Lipinski definition) is 2. The van der Waals surface area contributed by atoms with Crippen LogP contribution in [-0.2, 0) is 9.53 Å². The lowest BCUT2D eigenvalue weighted by atomic mass is 10.2. The van der Waals surface area contributed by atoms with E-state index in [1.807, 2.05) is 24.3 Å². The van der Waals surface area contributed by atoms with Crippen LogP contribution in [0.15, 0.2) is 53.5 Å². The number of para-hydroxylation sites is 1. The first-order valence-corrected chi connectivity index (χ1v) is 7.69. The Kier molecular flexibility index (Phi) is 4.38. The Labute approximate surface area is 143 Å². The highest BCUT2D eigenvalue weighted by Gasteiger charge is 2.19. The molecule has 1 aromatic carbocycles. The smallest absolute Gasteiger partial charge is 0.328 e. The number of hydrogen-bond acceptors (Lipinski definition) is 4. The number of fused-ring (bicyclic) bond motifs is 1. The number of pyridine rings is 1. The molecule has 1 unspecified atom stereocenters. The van der Waals surface area contributed by atoms with Crippen molar-refractivity contribution >= 4 is 28.5 Å². The molecule has 0 saturated heterocycles. The number of benzene rings is 1. The molecule has 2 N–H and O–H groups in total. The average Bonchev–Trinajstić information content (AvgIpc) is 3.06. The molecule has 2 aromatic heterocycles. The van der Waals surface area contributed by atoms with Crippen molar-refractivity contribution in [3.8, 4) is 0 Å². The highest BCUT2D eigenvalue weighted by atomic mass is 16.5. The molecular formula is C18H17N3O4. The summed E-state index contributed by atoms with van der Waals surface area (Å²) in [5.74, 6) is -0.974. The van der Waals surface area contributed by atoms with Crippen molar-refractivity contribution in [1.29, 1.82) is 0 Å². The average molecular weight is 339 g/mol. The molecule has 0 saturated carbocycles. The number of methoxy groups -OCH3 is 1. The Morgan fingerprint density at radius 2 is 1.96 bits per heavy atom. The molecule has 0 aliphatic heterocycles. The number of ether oxygens (including phenoxy) is 1. The van der Waals surface area contributed by atoms with Crippen LogP contribution in [0.3, 0.4) is 0 Å². The van der Waals surface area contributed by atoms with Gasteiger partial charge in [0.15, 0.2) is 0 Å². The molecule has 0 radical (unpaired) electrons. The number of carbonyl (C=O) groups excluding carboxylic acids is 2. The largest absolute Gasteiger partial charge is 0.467 e. The minimum atomic E-state index is -0.789. The third kappa shape index (κ3) is 3.16. The summed E-state index contributed by atoms with van der Waals surface area (Å²) in [6.07, 6.45) is 1.47. The van der Waals surface area contributed by atoms with Gasteiger partial charge in [0.05, 0.1) is 7.11 Å². The maximum atomic E-state index is 12.5. The number of anilines is 1. The van der Waals surface area contributed by atoms with E-state index in [1.165, 1.54) is 23.9 Å². The van der Waals surface area contributed by atoms with Gasteiger partial charge in [-0.2, -0.15) is 0 Å². The molecule has 1 amide bonds. The van der Waals surface area contributed by atoms with Crippen molar-refractivity contribution in [1.82, 2.24) is 9.55 Å². The van der Waals surface area contributed by atoms with Gasteiger partial charge in [0.2, 0.25) is 0 Å².